The Hall–Kier alpha value is 0.690. The van der Waals surface area contributed by atoms with Gasteiger partial charge in [-0.25, -0.2) is 0 Å². The fraction of sp³-hybridized carbons (Fsp3) is 1.00. The highest BCUT2D eigenvalue weighted by Gasteiger charge is 2.25. The molecule has 0 spiro atoms. The zero-order chi connectivity index (χ0) is 9.80. The molecule has 2 aliphatic carbocycles. The second-order valence-corrected chi connectivity index (χ2v) is 6.42. The number of alkyl halides is 1. The van der Waals surface area contributed by atoms with Crippen LogP contribution in [-0.2, 0) is 4.74 Å². The monoisotopic (exact) mass is 308 g/mol. The predicted molar refractivity (Wildman–Crippen MR) is 68.0 cm³/mol. The minimum absolute atomic E-state index is 0.574. The molecule has 0 N–H and O–H groups in total. The zero-order valence-corrected chi connectivity index (χ0v) is 11.0. The van der Waals surface area contributed by atoms with Gasteiger partial charge in [-0.05, 0) is 31.6 Å². The van der Waals surface area contributed by atoms with Gasteiger partial charge in [-0.15, -0.1) is 0 Å². The second kappa shape index (κ2) is 5.69. The van der Waals surface area contributed by atoms with Gasteiger partial charge in [0, 0.05) is 10.5 Å². The van der Waals surface area contributed by atoms with E-state index in [0.717, 1.165) is 16.4 Å². The Bertz CT molecular complexity index is 166. The SMILES string of the molecule is IC1CCCCC1OCC1CCCC1. The van der Waals surface area contributed by atoms with Crippen molar-refractivity contribution < 1.29 is 4.74 Å². The summed E-state index contributed by atoms with van der Waals surface area (Å²) in [6.45, 7) is 1.05. The van der Waals surface area contributed by atoms with Crippen molar-refractivity contribution in [3.63, 3.8) is 0 Å². The highest BCUT2D eigenvalue weighted by molar-refractivity contribution is 14.1. The fourth-order valence-corrected chi connectivity index (χ4v) is 3.68. The quantitative estimate of drug-likeness (QED) is 0.567. The summed E-state index contributed by atoms with van der Waals surface area (Å²) < 4.78 is 6.85. The molecular formula is C12H21IO. The summed E-state index contributed by atoms with van der Waals surface area (Å²) in [6, 6.07) is 0. The normalized spacial score (nSPS) is 34.9. The zero-order valence-electron chi connectivity index (χ0n) is 8.88. The van der Waals surface area contributed by atoms with Crippen molar-refractivity contribution in [3.05, 3.63) is 0 Å². The molecule has 0 radical (unpaired) electrons. The van der Waals surface area contributed by atoms with E-state index >= 15 is 0 Å². The lowest BCUT2D eigenvalue weighted by molar-refractivity contribution is 0.0160. The summed E-state index contributed by atoms with van der Waals surface area (Å²) in [7, 11) is 0. The molecule has 0 bridgehead atoms. The Morgan fingerprint density at radius 2 is 1.57 bits per heavy atom. The van der Waals surface area contributed by atoms with Crippen LogP contribution < -0.4 is 0 Å². The molecule has 2 fully saturated rings. The summed E-state index contributed by atoms with van der Waals surface area (Å²) in [6.07, 6.45) is 11.8. The van der Waals surface area contributed by atoms with Gasteiger partial charge in [0.15, 0.2) is 0 Å². The van der Waals surface area contributed by atoms with Crippen LogP contribution in [0.25, 0.3) is 0 Å². The maximum atomic E-state index is 6.07. The van der Waals surface area contributed by atoms with E-state index in [-0.39, 0.29) is 0 Å². The number of rotatable bonds is 3. The average molecular weight is 308 g/mol. The van der Waals surface area contributed by atoms with E-state index in [1.165, 1.54) is 51.4 Å². The molecule has 2 rings (SSSR count). The third kappa shape index (κ3) is 3.09. The lowest BCUT2D eigenvalue weighted by atomic mass is 9.97. The van der Waals surface area contributed by atoms with Crippen LogP contribution in [0.4, 0.5) is 0 Å². The van der Waals surface area contributed by atoms with Gasteiger partial charge in [-0.3, -0.25) is 0 Å². The Morgan fingerprint density at radius 1 is 0.929 bits per heavy atom. The van der Waals surface area contributed by atoms with Crippen molar-refractivity contribution in [1.82, 2.24) is 0 Å². The third-order valence-electron chi connectivity index (χ3n) is 3.64. The summed E-state index contributed by atoms with van der Waals surface area (Å²) in [5.74, 6) is 0.889. The van der Waals surface area contributed by atoms with E-state index in [0.29, 0.717) is 6.10 Å². The van der Waals surface area contributed by atoms with E-state index < -0.39 is 0 Å². The van der Waals surface area contributed by atoms with Crippen molar-refractivity contribution in [2.45, 2.75) is 61.4 Å². The van der Waals surface area contributed by atoms with Crippen LogP contribution >= 0.6 is 22.6 Å². The standard InChI is InChI=1S/C12H21IO/c13-11-7-3-4-8-12(11)14-9-10-5-1-2-6-10/h10-12H,1-9H2. The number of hydrogen-bond acceptors (Lipinski definition) is 1. The molecule has 1 nitrogen and oxygen atoms in total. The van der Waals surface area contributed by atoms with Crippen LogP contribution in [0.2, 0.25) is 0 Å². The Kier molecular flexibility index (Phi) is 4.54. The summed E-state index contributed by atoms with van der Waals surface area (Å²) in [5.41, 5.74) is 0. The van der Waals surface area contributed by atoms with Crippen LogP contribution in [-0.4, -0.2) is 16.6 Å². The predicted octanol–water partition coefficient (Wildman–Crippen LogP) is 3.94. The van der Waals surface area contributed by atoms with Crippen molar-refractivity contribution in [1.29, 1.82) is 0 Å². The molecule has 0 amide bonds. The molecular weight excluding hydrogens is 287 g/mol. The highest BCUT2D eigenvalue weighted by Crippen LogP contribution is 2.30. The molecule has 0 aromatic rings. The first-order valence-electron chi connectivity index (χ1n) is 6.12. The number of hydrogen-bond donors (Lipinski definition) is 0. The molecule has 0 aliphatic heterocycles. The van der Waals surface area contributed by atoms with Crippen molar-refractivity contribution in [2.75, 3.05) is 6.61 Å². The van der Waals surface area contributed by atoms with Crippen molar-refractivity contribution in [3.8, 4) is 0 Å². The summed E-state index contributed by atoms with van der Waals surface area (Å²) in [5, 5.41) is 0. The van der Waals surface area contributed by atoms with Crippen LogP contribution in [0.3, 0.4) is 0 Å². The Morgan fingerprint density at radius 3 is 2.29 bits per heavy atom. The van der Waals surface area contributed by atoms with Crippen LogP contribution in [0, 0.1) is 5.92 Å². The molecule has 0 aromatic carbocycles. The second-order valence-electron chi connectivity index (χ2n) is 4.82. The topological polar surface area (TPSA) is 9.23 Å². The lowest BCUT2D eigenvalue weighted by Gasteiger charge is -2.28. The molecule has 0 heterocycles. The van der Waals surface area contributed by atoms with Crippen LogP contribution in [0.1, 0.15) is 51.4 Å². The Labute approximate surface area is 101 Å². The van der Waals surface area contributed by atoms with E-state index in [2.05, 4.69) is 22.6 Å². The molecule has 2 atom stereocenters. The smallest absolute Gasteiger partial charge is 0.0692 e. The minimum Gasteiger partial charge on any atom is -0.377 e. The first-order valence-corrected chi connectivity index (χ1v) is 7.36. The van der Waals surface area contributed by atoms with E-state index in [1.54, 1.807) is 0 Å². The molecule has 2 saturated carbocycles. The first-order chi connectivity index (χ1) is 6.86. The first kappa shape index (κ1) is 11.2. The maximum Gasteiger partial charge on any atom is 0.0692 e. The van der Waals surface area contributed by atoms with Gasteiger partial charge < -0.3 is 4.74 Å². The average Bonchev–Trinajstić information content (AvgIpc) is 2.69. The minimum atomic E-state index is 0.574. The highest BCUT2D eigenvalue weighted by atomic mass is 127. The largest absolute Gasteiger partial charge is 0.377 e. The van der Waals surface area contributed by atoms with Gasteiger partial charge >= 0.3 is 0 Å². The van der Waals surface area contributed by atoms with E-state index in [9.17, 15) is 0 Å². The number of halogens is 1. The molecule has 2 heteroatoms. The van der Waals surface area contributed by atoms with Crippen LogP contribution in [0.5, 0.6) is 0 Å². The maximum absolute atomic E-state index is 6.07. The third-order valence-corrected chi connectivity index (χ3v) is 5.07. The summed E-state index contributed by atoms with van der Waals surface area (Å²) in [4.78, 5) is 0. The van der Waals surface area contributed by atoms with Crippen molar-refractivity contribution in [2.24, 2.45) is 5.92 Å². The number of ether oxygens (including phenoxy) is 1. The molecule has 0 saturated heterocycles. The van der Waals surface area contributed by atoms with Gasteiger partial charge in [0.05, 0.1) is 6.10 Å². The van der Waals surface area contributed by atoms with Gasteiger partial charge in [0.2, 0.25) is 0 Å². The molecule has 2 unspecified atom stereocenters. The fourth-order valence-electron chi connectivity index (χ4n) is 2.68. The Balaban J connectivity index is 1.67. The van der Waals surface area contributed by atoms with Gasteiger partial charge in [-0.1, -0.05) is 48.3 Å². The molecule has 0 aromatic heterocycles. The van der Waals surface area contributed by atoms with Gasteiger partial charge in [0.1, 0.15) is 0 Å². The van der Waals surface area contributed by atoms with Crippen molar-refractivity contribution >= 4 is 22.6 Å². The molecule has 14 heavy (non-hydrogen) atoms. The molecule has 2 aliphatic rings. The summed E-state index contributed by atoms with van der Waals surface area (Å²) >= 11 is 2.58. The van der Waals surface area contributed by atoms with Gasteiger partial charge in [-0.2, -0.15) is 0 Å². The van der Waals surface area contributed by atoms with E-state index in [4.69, 9.17) is 4.74 Å². The van der Waals surface area contributed by atoms with E-state index in [1.807, 2.05) is 0 Å². The lowest BCUT2D eigenvalue weighted by Crippen LogP contribution is -2.29. The van der Waals surface area contributed by atoms with Gasteiger partial charge in [0.25, 0.3) is 0 Å². The van der Waals surface area contributed by atoms with Crippen LogP contribution in [0.15, 0.2) is 0 Å². The molecule has 82 valence electrons.